The highest BCUT2D eigenvalue weighted by Gasteiger charge is 2.15. The van der Waals surface area contributed by atoms with Gasteiger partial charge in [-0.25, -0.2) is 4.79 Å². The smallest absolute Gasteiger partial charge is 0.394 e. The topological polar surface area (TPSA) is 145 Å². The number of aromatic nitrogens is 2. The quantitative estimate of drug-likeness (QED) is 0.504. The molecule has 0 saturated carbocycles. The molecule has 0 spiro atoms. The SMILES string of the molecule is CC(C)OC(=O)c1cnn(C)c1N.O=S(=O)(O)O. The minimum atomic E-state index is -4.67. The Balaban J connectivity index is 0.000000494. The van der Waals surface area contributed by atoms with E-state index in [1.165, 1.54) is 10.9 Å². The number of hydrogen-bond donors (Lipinski definition) is 3. The zero-order valence-electron chi connectivity index (χ0n) is 10.1. The van der Waals surface area contributed by atoms with Crippen molar-refractivity contribution in [2.75, 3.05) is 5.73 Å². The molecule has 0 bridgehead atoms. The highest BCUT2D eigenvalue weighted by molar-refractivity contribution is 7.79. The van der Waals surface area contributed by atoms with Crippen LogP contribution in [0.4, 0.5) is 5.82 Å². The molecule has 0 unspecified atom stereocenters. The van der Waals surface area contributed by atoms with Gasteiger partial charge in [0.15, 0.2) is 0 Å². The predicted octanol–water partition coefficient (Wildman–Crippen LogP) is -0.0853. The lowest BCUT2D eigenvalue weighted by atomic mass is 10.3. The molecule has 9 nitrogen and oxygen atoms in total. The van der Waals surface area contributed by atoms with Gasteiger partial charge < -0.3 is 10.5 Å². The maximum atomic E-state index is 11.3. The molecule has 0 aromatic carbocycles. The number of aryl methyl sites for hydroxylation is 1. The summed E-state index contributed by atoms with van der Waals surface area (Å²) in [5.41, 5.74) is 5.89. The molecule has 18 heavy (non-hydrogen) atoms. The maximum absolute atomic E-state index is 11.3. The Kier molecular flexibility index (Phi) is 5.75. The Bertz CT molecular complexity index is 499. The molecule has 0 aliphatic carbocycles. The third-order valence-electron chi connectivity index (χ3n) is 1.55. The monoisotopic (exact) mass is 281 g/mol. The summed E-state index contributed by atoms with van der Waals surface area (Å²) in [4.78, 5) is 11.3. The average Bonchev–Trinajstić information content (AvgIpc) is 2.43. The molecule has 0 radical (unpaired) electrons. The summed E-state index contributed by atoms with van der Waals surface area (Å²) in [6.07, 6.45) is 1.26. The molecular weight excluding hydrogens is 266 g/mol. The van der Waals surface area contributed by atoms with E-state index in [9.17, 15) is 4.79 Å². The third kappa shape index (κ3) is 6.83. The van der Waals surface area contributed by atoms with Gasteiger partial charge in [-0.1, -0.05) is 0 Å². The second-order valence-electron chi connectivity index (χ2n) is 3.47. The first-order valence-corrected chi connectivity index (χ1v) is 6.10. The van der Waals surface area contributed by atoms with Gasteiger partial charge in [0.1, 0.15) is 11.4 Å². The van der Waals surface area contributed by atoms with Gasteiger partial charge in [-0.3, -0.25) is 13.8 Å². The number of rotatable bonds is 2. The normalized spacial score (nSPS) is 10.8. The second kappa shape index (κ2) is 6.33. The summed E-state index contributed by atoms with van der Waals surface area (Å²) in [5, 5.41) is 3.84. The Labute approximate surface area is 104 Å². The summed E-state index contributed by atoms with van der Waals surface area (Å²) >= 11 is 0. The lowest BCUT2D eigenvalue weighted by Gasteiger charge is -2.06. The molecule has 104 valence electrons. The van der Waals surface area contributed by atoms with Crippen LogP contribution in [0.1, 0.15) is 24.2 Å². The standard InChI is InChI=1S/C8H13N3O2.H2O4S/c1-5(2)13-8(12)6-4-10-11(3)7(6)9;1-5(2,3)4/h4-5H,9H2,1-3H3;(H2,1,2,3,4). The number of anilines is 1. The van der Waals surface area contributed by atoms with Crippen molar-refractivity contribution >= 4 is 22.2 Å². The molecule has 1 aromatic rings. The number of hydrogen-bond acceptors (Lipinski definition) is 6. The fourth-order valence-electron chi connectivity index (χ4n) is 0.882. The van der Waals surface area contributed by atoms with Gasteiger partial charge in [0.25, 0.3) is 0 Å². The molecule has 0 saturated heterocycles. The summed E-state index contributed by atoms with van der Waals surface area (Å²) in [7, 11) is -3.00. The number of nitrogens with two attached hydrogens (primary N) is 1. The van der Waals surface area contributed by atoms with E-state index in [1.807, 2.05) is 0 Å². The molecule has 10 heteroatoms. The molecular formula is C8H15N3O6S. The van der Waals surface area contributed by atoms with Gasteiger partial charge >= 0.3 is 16.4 Å². The number of carbonyl (C=O) groups excluding carboxylic acids is 1. The van der Waals surface area contributed by atoms with Crippen LogP contribution in [0.3, 0.4) is 0 Å². The van der Waals surface area contributed by atoms with E-state index < -0.39 is 16.4 Å². The van der Waals surface area contributed by atoms with E-state index >= 15 is 0 Å². The third-order valence-corrected chi connectivity index (χ3v) is 1.55. The van der Waals surface area contributed by atoms with Crippen LogP contribution in [-0.4, -0.2) is 39.4 Å². The van der Waals surface area contributed by atoms with Gasteiger partial charge in [-0.05, 0) is 13.8 Å². The molecule has 0 atom stereocenters. The predicted molar refractivity (Wildman–Crippen MR) is 62.3 cm³/mol. The van der Waals surface area contributed by atoms with Gasteiger partial charge in [0, 0.05) is 7.05 Å². The van der Waals surface area contributed by atoms with Gasteiger partial charge in [0.05, 0.1) is 12.3 Å². The molecule has 4 N–H and O–H groups in total. The van der Waals surface area contributed by atoms with E-state index in [1.54, 1.807) is 20.9 Å². The van der Waals surface area contributed by atoms with Crippen molar-refractivity contribution in [3.05, 3.63) is 11.8 Å². The van der Waals surface area contributed by atoms with Gasteiger partial charge in [-0.2, -0.15) is 13.5 Å². The lowest BCUT2D eigenvalue weighted by Crippen LogP contribution is -2.13. The molecule has 1 heterocycles. The van der Waals surface area contributed by atoms with Crippen molar-refractivity contribution < 1.29 is 27.1 Å². The minimum Gasteiger partial charge on any atom is -0.459 e. The minimum absolute atomic E-state index is 0.146. The molecule has 0 amide bonds. The lowest BCUT2D eigenvalue weighted by molar-refractivity contribution is 0.0379. The van der Waals surface area contributed by atoms with E-state index in [-0.39, 0.29) is 6.10 Å². The Morgan fingerprint density at radius 2 is 1.94 bits per heavy atom. The first-order valence-electron chi connectivity index (χ1n) is 4.70. The van der Waals surface area contributed by atoms with Crippen molar-refractivity contribution in [1.29, 1.82) is 0 Å². The number of carbonyl (C=O) groups is 1. The van der Waals surface area contributed by atoms with Crippen LogP contribution < -0.4 is 5.73 Å². The largest absolute Gasteiger partial charge is 0.459 e. The zero-order chi connectivity index (χ0) is 14.5. The Hall–Kier alpha value is -1.65. The molecule has 1 aromatic heterocycles. The van der Waals surface area contributed by atoms with Crippen LogP contribution in [0, 0.1) is 0 Å². The molecule has 0 fully saturated rings. The van der Waals surface area contributed by atoms with Crippen molar-refractivity contribution in [3.8, 4) is 0 Å². The maximum Gasteiger partial charge on any atom is 0.394 e. The first-order chi connectivity index (χ1) is 8.02. The van der Waals surface area contributed by atoms with Crippen molar-refractivity contribution in [2.24, 2.45) is 7.05 Å². The van der Waals surface area contributed by atoms with E-state index in [0.29, 0.717) is 11.4 Å². The highest BCUT2D eigenvalue weighted by atomic mass is 32.3. The summed E-state index contributed by atoms with van der Waals surface area (Å²) in [6, 6.07) is 0. The first kappa shape index (κ1) is 16.4. The molecule has 0 aliphatic heterocycles. The van der Waals surface area contributed by atoms with Crippen LogP contribution in [0.5, 0.6) is 0 Å². The highest BCUT2D eigenvalue weighted by Crippen LogP contribution is 2.11. The Morgan fingerprint density at radius 1 is 1.50 bits per heavy atom. The van der Waals surface area contributed by atoms with Gasteiger partial charge in [0.2, 0.25) is 0 Å². The van der Waals surface area contributed by atoms with Gasteiger partial charge in [-0.15, -0.1) is 0 Å². The second-order valence-corrected chi connectivity index (χ2v) is 4.36. The number of nitrogens with zero attached hydrogens (tertiary/aromatic N) is 2. The summed E-state index contributed by atoms with van der Waals surface area (Å²) in [5.74, 6) is -0.105. The van der Waals surface area contributed by atoms with E-state index in [4.69, 9.17) is 28.0 Å². The summed E-state index contributed by atoms with van der Waals surface area (Å²) < 4.78 is 38.0. The van der Waals surface area contributed by atoms with E-state index in [0.717, 1.165) is 0 Å². The number of ether oxygens (including phenoxy) is 1. The van der Waals surface area contributed by atoms with Crippen LogP contribution in [0.2, 0.25) is 0 Å². The van der Waals surface area contributed by atoms with E-state index in [2.05, 4.69) is 5.10 Å². The number of esters is 1. The Morgan fingerprint density at radius 3 is 2.22 bits per heavy atom. The van der Waals surface area contributed by atoms with Crippen LogP contribution in [-0.2, 0) is 22.2 Å². The molecule has 1 rings (SSSR count). The van der Waals surface area contributed by atoms with Crippen LogP contribution in [0.25, 0.3) is 0 Å². The van der Waals surface area contributed by atoms with Crippen molar-refractivity contribution in [3.63, 3.8) is 0 Å². The summed E-state index contributed by atoms with van der Waals surface area (Å²) in [6.45, 7) is 3.56. The van der Waals surface area contributed by atoms with Crippen molar-refractivity contribution in [2.45, 2.75) is 20.0 Å². The number of nitrogen functional groups attached to an aromatic ring is 1. The van der Waals surface area contributed by atoms with Crippen molar-refractivity contribution in [1.82, 2.24) is 9.78 Å². The van der Waals surface area contributed by atoms with Crippen LogP contribution in [0.15, 0.2) is 6.20 Å². The molecule has 0 aliphatic rings. The fourth-order valence-corrected chi connectivity index (χ4v) is 0.882. The average molecular weight is 281 g/mol. The zero-order valence-corrected chi connectivity index (χ0v) is 10.9. The van der Waals surface area contributed by atoms with Crippen LogP contribution >= 0.6 is 0 Å². The fraction of sp³-hybridized carbons (Fsp3) is 0.500.